The van der Waals surface area contributed by atoms with Gasteiger partial charge in [-0.1, -0.05) is 220 Å². The molecule has 0 aromatic rings. The van der Waals surface area contributed by atoms with Crippen LogP contribution in [0.15, 0.2) is 0 Å². The van der Waals surface area contributed by atoms with E-state index in [9.17, 15) is 9.59 Å². The van der Waals surface area contributed by atoms with E-state index in [0.717, 1.165) is 174 Å². The zero-order valence-corrected chi connectivity index (χ0v) is 54.8. The van der Waals surface area contributed by atoms with Crippen LogP contribution in [-0.4, -0.2) is 23.9 Å². The molecule has 10 fully saturated rings. The van der Waals surface area contributed by atoms with Gasteiger partial charge in [0.1, 0.15) is 12.3 Å². The molecule has 0 aromatic carbocycles. The molecule has 0 aromatic heterocycles. The Morgan fingerprint density at radius 1 is 0.256 bits per heavy atom. The first kappa shape index (κ1) is 65.6. The van der Waals surface area contributed by atoms with Crippen molar-refractivity contribution in [3.8, 4) is 0 Å². The minimum absolute atomic E-state index is 0.385. The second-order valence-electron chi connectivity index (χ2n) is 32.6. The molecule has 0 amide bonds. The van der Waals surface area contributed by atoms with Crippen LogP contribution in [0, 0.1) is 92.7 Å². The normalized spacial score (nSPS) is 41.5. The van der Waals surface area contributed by atoms with E-state index in [1.165, 1.54) is 244 Å². The van der Waals surface area contributed by atoms with Gasteiger partial charge in [0, 0.05) is 0 Å². The number of Topliss-reactive ketones (excluding diaryl/α,β-unsaturated/α-hetero) is 2. The zero-order valence-electron chi connectivity index (χ0n) is 54.8. The van der Waals surface area contributed by atoms with Gasteiger partial charge in [-0.15, -0.1) is 0 Å². The summed E-state index contributed by atoms with van der Waals surface area (Å²) < 4.78 is 32.5. The highest BCUT2D eigenvalue weighted by Crippen LogP contribution is 2.68. The molecule has 10 saturated carbocycles. The van der Waals surface area contributed by atoms with E-state index in [2.05, 4.69) is 27.7 Å². The Balaban J connectivity index is 0.000000198. The summed E-state index contributed by atoms with van der Waals surface area (Å²) in [4.78, 5) is 27.7. The fraction of sp³-hybridized carbons (Fsp3) is 0.974. The lowest BCUT2D eigenvalue weighted by molar-refractivity contribution is -0.195. The summed E-state index contributed by atoms with van der Waals surface area (Å²) in [5.74, 6) is 11.1. The molecule has 2 nitrogen and oxygen atoms in total. The zero-order chi connectivity index (χ0) is 57.4. The first-order valence-corrected chi connectivity index (χ1v) is 38.4. The van der Waals surface area contributed by atoms with Crippen LogP contribution >= 0.6 is 0 Å². The predicted molar refractivity (Wildman–Crippen MR) is 343 cm³/mol. The molecule has 10 aliphatic carbocycles. The Kier molecular flexibility index (Phi) is 25.7. The second-order valence-corrected chi connectivity index (χ2v) is 32.6. The van der Waals surface area contributed by atoms with E-state index in [4.69, 9.17) is 0 Å². The molecule has 0 saturated heterocycles. The van der Waals surface area contributed by atoms with Gasteiger partial charge in [-0.3, -0.25) is 9.59 Å². The molecule has 4 spiro atoms. The maximum Gasteiger partial charge on any atom is 0.151 e. The maximum absolute atomic E-state index is 16.3. The van der Waals surface area contributed by atoms with Crippen LogP contribution in [-0.2, 0) is 9.59 Å². The lowest BCUT2D eigenvalue weighted by atomic mass is 9.41. The molecule has 472 valence electrons. The highest BCUT2D eigenvalue weighted by atomic mass is 19.1. The summed E-state index contributed by atoms with van der Waals surface area (Å²) in [6.07, 6.45) is 67.8. The lowest BCUT2D eigenvalue weighted by Gasteiger charge is -2.62. The standard InChI is InChI=1S/C40H69FO.C38H65FO/c1-3-5-7-9-11-13-31-15-19-33(20-16-31)35-23-27-39(28-24-35)37(41)40(38(39)42)29-25-36(26-30-40)34-21-17-32(18-22-34)14-12-10-8-6-4-2;1-3-5-7-9-11-29-13-17-31(18-14-29)33-21-25-37(26-22-33)35(39)38(36(37)40)27-23-34(24-28-38)32-19-15-30(16-20-32)12-10-8-6-4-2/h31-37H,3-30H2,1-2H3;29-35H,3-28H2,1-2H3. The predicted octanol–water partition coefficient (Wildman–Crippen LogP) is 24.4. The molecule has 4 heteroatoms. The molecular formula is C78H134F2O2. The van der Waals surface area contributed by atoms with E-state index < -0.39 is 34.0 Å². The van der Waals surface area contributed by atoms with Crippen molar-refractivity contribution in [2.45, 2.75) is 387 Å². The number of hydrogen-bond donors (Lipinski definition) is 0. The highest BCUT2D eigenvalue weighted by Gasteiger charge is 2.73. The van der Waals surface area contributed by atoms with Crippen LogP contribution in [0.2, 0.25) is 0 Å². The maximum atomic E-state index is 16.3. The van der Waals surface area contributed by atoms with Gasteiger partial charge in [0.05, 0.1) is 21.7 Å². The molecule has 10 aliphatic rings. The average molecular weight is 1140 g/mol. The van der Waals surface area contributed by atoms with Gasteiger partial charge in [0.2, 0.25) is 0 Å². The molecule has 0 radical (unpaired) electrons. The first-order chi connectivity index (χ1) is 40.0. The molecule has 0 aliphatic heterocycles. The van der Waals surface area contributed by atoms with E-state index in [0.29, 0.717) is 11.6 Å². The van der Waals surface area contributed by atoms with E-state index in [-0.39, 0.29) is 0 Å². The quantitative estimate of drug-likeness (QED) is 0.0809. The van der Waals surface area contributed by atoms with Crippen molar-refractivity contribution < 1.29 is 18.4 Å². The summed E-state index contributed by atoms with van der Waals surface area (Å²) in [6.45, 7) is 9.20. The van der Waals surface area contributed by atoms with Gasteiger partial charge in [0.15, 0.2) is 11.6 Å². The van der Waals surface area contributed by atoms with Crippen molar-refractivity contribution in [1.29, 1.82) is 0 Å². The molecule has 0 N–H and O–H groups in total. The van der Waals surface area contributed by atoms with Gasteiger partial charge in [-0.2, -0.15) is 0 Å². The molecule has 10 rings (SSSR count). The van der Waals surface area contributed by atoms with E-state index in [1.54, 1.807) is 0 Å². The van der Waals surface area contributed by atoms with Crippen molar-refractivity contribution in [2.75, 3.05) is 0 Å². The number of unbranched alkanes of at least 4 members (excludes halogenated alkanes) is 14. The lowest BCUT2D eigenvalue weighted by Crippen LogP contribution is -2.69. The van der Waals surface area contributed by atoms with Gasteiger partial charge >= 0.3 is 0 Å². The Bertz CT molecular complexity index is 1680. The third-order valence-electron chi connectivity index (χ3n) is 28.0. The van der Waals surface area contributed by atoms with E-state index in [1.807, 2.05) is 0 Å². The Labute approximate surface area is 506 Å². The third kappa shape index (κ3) is 15.4. The van der Waals surface area contributed by atoms with Crippen molar-refractivity contribution in [2.24, 2.45) is 92.7 Å². The van der Waals surface area contributed by atoms with Crippen molar-refractivity contribution in [3.63, 3.8) is 0 Å². The van der Waals surface area contributed by atoms with Gasteiger partial charge in [0.25, 0.3) is 0 Å². The van der Waals surface area contributed by atoms with Crippen LogP contribution in [0.25, 0.3) is 0 Å². The minimum Gasteiger partial charge on any atom is -0.298 e. The minimum atomic E-state index is -0.841. The smallest absolute Gasteiger partial charge is 0.151 e. The number of hydrogen-bond acceptors (Lipinski definition) is 2. The number of carbonyl (C=O) groups excluding carboxylic acids is 2. The van der Waals surface area contributed by atoms with Crippen LogP contribution in [0.1, 0.15) is 374 Å². The fourth-order valence-electron chi connectivity index (χ4n) is 22.4. The largest absolute Gasteiger partial charge is 0.298 e. The summed E-state index contributed by atoms with van der Waals surface area (Å²) in [5.41, 5.74) is -2.30. The molecule has 0 heterocycles. The number of ketones is 2. The summed E-state index contributed by atoms with van der Waals surface area (Å²) in [5, 5.41) is 0. The van der Waals surface area contributed by atoms with Crippen LogP contribution < -0.4 is 0 Å². The topological polar surface area (TPSA) is 34.1 Å². The molecule has 0 atom stereocenters. The van der Waals surface area contributed by atoms with Gasteiger partial charge < -0.3 is 0 Å². The van der Waals surface area contributed by atoms with Crippen molar-refractivity contribution >= 4 is 11.6 Å². The van der Waals surface area contributed by atoms with Crippen molar-refractivity contribution in [1.82, 2.24) is 0 Å². The first-order valence-electron chi connectivity index (χ1n) is 38.4. The van der Waals surface area contributed by atoms with Crippen LogP contribution in [0.4, 0.5) is 8.78 Å². The number of alkyl halides is 2. The second kappa shape index (κ2) is 32.1. The number of halogens is 2. The van der Waals surface area contributed by atoms with Gasteiger partial charge in [-0.05, 0) is 225 Å². The Morgan fingerprint density at radius 2 is 0.427 bits per heavy atom. The Morgan fingerprint density at radius 3 is 0.610 bits per heavy atom. The van der Waals surface area contributed by atoms with Crippen LogP contribution in [0.5, 0.6) is 0 Å². The SMILES string of the molecule is CCCCCCC1CCC(C2CCC3(CC2)C(=O)C2(CCC(C4CCC(CCCCCC)CC4)CC2)C3F)CC1.CCCCCCCC1CCC(C2CCC3(CC2)C(=O)C2(CCC(C4CCC(CCCCCCC)CC4)CC2)C3F)CC1. The van der Waals surface area contributed by atoms with Gasteiger partial charge in [-0.25, -0.2) is 8.78 Å². The third-order valence-corrected chi connectivity index (χ3v) is 28.0. The molecule has 82 heavy (non-hydrogen) atoms. The summed E-state index contributed by atoms with van der Waals surface area (Å²) >= 11 is 0. The fourth-order valence-corrected chi connectivity index (χ4v) is 22.4. The summed E-state index contributed by atoms with van der Waals surface area (Å²) in [7, 11) is 0. The number of carbonyl (C=O) groups is 2. The highest BCUT2D eigenvalue weighted by molar-refractivity contribution is 5.99. The molecular weight excluding hydrogens is 1010 g/mol. The average Bonchev–Trinajstić information content (AvgIpc) is 0.969. The van der Waals surface area contributed by atoms with Crippen molar-refractivity contribution in [3.05, 3.63) is 0 Å². The Hall–Kier alpha value is -0.800. The molecule has 0 bridgehead atoms. The van der Waals surface area contributed by atoms with E-state index >= 15 is 8.78 Å². The van der Waals surface area contributed by atoms with Crippen LogP contribution in [0.3, 0.4) is 0 Å². The number of rotatable bonds is 26. The summed E-state index contributed by atoms with van der Waals surface area (Å²) in [6, 6.07) is 0. The monoisotopic (exact) mass is 1140 g/mol. The molecule has 0 unspecified atom stereocenters.